The molecule has 6 nitrogen and oxygen atoms in total. The van der Waals surface area contributed by atoms with E-state index in [1.807, 2.05) is 24.4 Å². The van der Waals surface area contributed by atoms with Crippen molar-refractivity contribution < 1.29 is 21.1 Å². The van der Waals surface area contributed by atoms with Crippen LogP contribution in [0.25, 0.3) is 38.6 Å². The summed E-state index contributed by atoms with van der Waals surface area (Å²) in [4.78, 5) is 19.6. The molecular weight excluding hydrogens is 748 g/mol. The molecule has 0 aliphatic carbocycles. The molecule has 0 atom stereocenters. The normalized spacial score (nSPS) is 13.1. The van der Waals surface area contributed by atoms with Gasteiger partial charge in [0.15, 0.2) is 0 Å². The van der Waals surface area contributed by atoms with Gasteiger partial charge in [0.2, 0.25) is 0 Å². The average molecular weight is 776 g/mol. The number of pyridine rings is 3. The molecule has 0 unspecified atom stereocenters. The summed E-state index contributed by atoms with van der Waals surface area (Å²) in [5.74, 6) is 0. The van der Waals surface area contributed by atoms with Crippen LogP contribution in [0.2, 0.25) is 0 Å². The summed E-state index contributed by atoms with van der Waals surface area (Å²) in [6.45, 7) is 6.58. The van der Waals surface area contributed by atoms with Crippen molar-refractivity contribution in [2.45, 2.75) is 19.3 Å². The zero-order valence-corrected chi connectivity index (χ0v) is 27.5. The molecule has 224 valence electrons. The second kappa shape index (κ2) is 10.8. The average Bonchev–Trinajstić information content (AvgIpc) is 3.69. The number of para-hydroxylation sites is 5. The summed E-state index contributed by atoms with van der Waals surface area (Å²) in [5, 5.41) is 0.989. The number of imidazole rings is 1. The molecule has 0 N–H and O–H groups in total. The number of rotatable bonds is 4. The van der Waals surface area contributed by atoms with Gasteiger partial charge in [-0.15, -0.1) is 17.9 Å². The van der Waals surface area contributed by atoms with Crippen molar-refractivity contribution >= 4 is 61.4 Å². The van der Waals surface area contributed by atoms with E-state index in [1.54, 1.807) is 0 Å². The number of fused-ring (bicyclic) bond motifs is 9. The monoisotopic (exact) mass is 775 g/mol. The SMILES string of the molecule is CC(C)(c1[c-]c(N2[CH-]N(c3ccccc3)c3ccccc32)ccc1)c1ccc2c(n1)c1ncccc1c1nc3ccccc3n21.[Pt+2]. The first-order valence-corrected chi connectivity index (χ1v) is 15.1. The second-order valence-electron chi connectivity index (χ2n) is 12.0. The Morgan fingerprint density at radius 3 is 2.26 bits per heavy atom. The summed E-state index contributed by atoms with van der Waals surface area (Å²) in [6.07, 6.45) is 1.83. The smallest absolute Gasteiger partial charge is 0.493 e. The molecule has 1 aliphatic heterocycles. The molecule has 0 saturated heterocycles. The van der Waals surface area contributed by atoms with E-state index in [-0.39, 0.29) is 21.1 Å². The molecule has 7 heteroatoms. The maximum atomic E-state index is 5.34. The molecule has 0 spiro atoms. The molecule has 9 rings (SSSR count). The van der Waals surface area contributed by atoms with E-state index in [4.69, 9.17) is 15.0 Å². The minimum atomic E-state index is -0.435. The predicted octanol–water partition coefficient (Wildman–Crippen LogP) is 9.12. The number of aromatic nitrogens is 4. The van der Waals surface area contributed by atoms with E-state index < -0.39 is 5.41 Å². The first-order chi connectivity index (χ1) is 22.1. The van der Waals surface area contributed by atoms with Crippen LogP contribution in [0.4, 0.5) is 22.7 Å². The third-order valence-corrected chi connectivity index (χ3v) is 8.97. The zero-order chi connectivity index (χ0) is 30.1. The van der Waals surface area contributed by atoms with Crippen molar-refractivity contribution in [1.82, 2.24) is 19.4 Å². The molecule has 5 heterocycles. The van der Waals surface area contributed by atoms with Crippen LogP contribution in [0, 0.1) is 12.7 Å². The van der Waals surface area contributed by atoms with Crippen LogP contribution in [0.3, 0.4) is 0 Å². The first-order valence-electron chi connectivity index (χ1n) is 15.1. The van der Waals surface area contributed by atoms with E-state index >= 15 is 0 Å². The van der Waals surface area contributed by atoms with E-state index in [9.17, 15) is 0 Å². The van der Waals surface area contributed by atoms with Crippen LogP contribution >= 0.6 is 0 Å². The van der Waals surface area contributed by atoms with Gasteiger partial charge >= 0.3 is 21.1 Å². The summed E-state index contributed by atoms with van der Waals surface area (Å²) < 4.78 is 2.21. The van der Waals surface area contributed by atoms with E-state index in [2.05, 4.69) is 144 Å². The fourth-order valence-corrected chi connectivity index (χ4v) is 6.58. The Labute approximate surface area is 281 Å². The third kappa shape index (κ3) is 4.24. The molecule has 46 heavy (non-hydrogen) atoms. The van der Waals surface area contributed by atoms with E-state index in [1.165, 1.54) is 0 Å². The van der Waals surface area contributed by atoms with Gasteiger partial charge in [-0.2, -0.15) is 24.3 Å². The van der Waals surface area contributed by atoms with Crippen molar-refractivity contribution in [3.63, 3.8) is 0 Å². The Hall–Kier alpha value is -5.06. The van der Waals surface area contributed by atoms with Gasteiger partial charge in [-0.3, -0.25) is 9.38 Å². The zero-order valence-electron chi connectivity index (χ0n) is 25.2. The molecule has 0 fully saturated rings. The molecule has 0 bridgehead atoms. The largest absolute Gasteiger partial charge is 2.00 e. The number of benzene rings is 4. The quantitative estimate of drug-likeness (QED) is 0.132. The van der Waals surface area contributed by atoms with Crippen molar-refractivity contribution in [3.8, 4) is 0 Å². The third-order valence-electron chi connectivity index (χ3n) is 8.97. The van der Waals surface area contributed by atoms with Crippen LogP contribution < -0.4 is 9.80 Å². The second-order valence-corrected chi connectivity index (χ2v) is 12.0. The van der Waals surface area contributed by atoms with Gasteiger partial charge < -0.3 is 9.80 Å². The standard InChI is InChI=1S/C39H28N6.Pt/c1-39(2,26-12-10-15-28(24-26)44-25-43(27-13-4-3-5-14-27)32-19-8-9-20-33(32)44)35-22-21-34-37(42-35)36-29(16-11-23-40-36)38-41-30-17-6-7-18-31(30)45(34)38;/h3-23,25H,1-2H3;/q-2;+2. The minimum absolute atomic E-state index is 0. The molecule has 4 aromatic heterocycles. The van der Waals surface area contributed by atoms with Gasteiger partial charge in [0.25, 0.3) is 0 Å². The van der Waals surface area contributed by atoms with Crippen molar-refractivity contribution in [3.05, 3.63) is 152 Å². The number of hydrogen-bond acceptors (Lipinski definition) is 5. The molecule has 0 saturated carbocycles. The summed E-state index contributed by atoms with van der Waals surface area (Å²) in [5.41, 5.74) is 11.5. The molecular formula is C39H28N6Pt. The van der Waals surface area contributed by atoms with Gasteiger partial charge in [0, 0.05) is 39.8 Å². The summed E-state index contributed by atoms with van der Waals surface area (Å²) in [6, 6.07) is 45.7. The van der Waals surface area contributed by atoms with Gasteiger partial charge in [-0.25, -0.2) is 9.97 Å². The van der Waals surface area contributed by atoms with Gasteiger partial charge in [-0.05, 0) is 60.7 Å². The van der Waals surface area contributed by atoms with Crippen LogP contribution in [-0.4, -0.2) is 19.4 Å². The van der Waals surface area contributed by atoms with Crippen molar-refractivity contribution in [2.75, 3.05) is 9.80 Å². The Balaban J connectivity index is 0.00000312. The van der Waals surface area contributed by atoms with Gasteiger partial charge in [0.05, 0.1) is 16.6 Å². The predicted molar refractivity (Wildman–Crippen MR) is 182 cm³/mol. The first kappa shape index (κ1) is 28.4. The van der Waals surface area contributed by atoms with E-state index in [0.29, 0.717) is 0 Å². The maximum absolute atomic E-state index is 5.34. The maximum Gasteiger partial charge on any atom is 2.00 e. The molecule has 0 amide bonds. The van der Waals surface area contributed by atoms with Gasteiger partial charge in [0.1, 0.15) is 16.7 Å². The molecule has 1 aliphatic rings. The molecule has 4 aromatic carbocycles. The Kier molecular flexibility index (Phi) is 6.66. The van der Waals surface area contributed by atoms with Crippen LogP contribution in [-0.2, 0) is 26.5 Å². The number of anilines is 4. The van der Waals surface area contributed by atoms with E-state index in [0.717, 1.165) is 72.6 Å². The van der Waals surface area contributed by atoms with Crippen LogP contribution in [0.15, 0.2) is 128 Å². The Morgan fingerprint density at radius 2 is 1.41 bits per heavy atom. The Morgan fingerprint density at radius 1 is 0.652 bits per heavy atom. The summed E-state index contributed by atoms with van der Waals surface area (Å²) >= 11 is 0. The number of hydrogen-bond donors (Lipinski definition) is 0. The Bertz CT molecular complexity index is 2420. The fraction of sp³-hybridized carbons (Fsp3) is 0.0769. The van der Waals surface area contributed by atoms with Crippen LogP contribution in [0.5, 0.6) is 0 Å². The minimum Gasteiger partial charge on any atom is -0.493 e. The van der Waals surface area contributed by atoms with Crippen LogP contribution in [0.1, 0.15) is 25.1 Å². The topological polar surface area (TPSA) is 49.6 Å². The van der Waals surface area contributed by atoms with Gasteiger partial charge in [-0.1, -0.05) is 56.3 Å². The molecule has 0 radical (unpaired) electrons. The van der Waals surface area contributed by atoms with Crippen molar-refractivity contribution in [2.24, 2.45) is 0 Å². The summed E-state index contributed by atoms with van der Waals surface area (Å²) in [7, 11) is 0. The molecule has 8 aromatic rings. The van der Waals surface area contributed by atoms with Crippen molar-refractivity contribution in [1.29, 1.82) is 0 Å². The number of nitrogens with zero attached hydrogens (tertiary/aromatic N) is 6. The fourth-order valence-electron chi connectivity index (χ4n) is 6.58.